The Labute approximate surface area is 205 Å². The van der Waals surface area contributed by atoms with Gasteiger partial charge in [-0.2, -0.15) is 0 Å². The molecule has 0 radical (unpaired) electrons. The largest absolute Gasteiger partial charge is 0.490 e. The normalized spacial score (nSPS) is 12.3. The van der Waals surface area contributed by atoms with Crippen molar-refractivity contribution in [3.8, 4) is 17.1 Å². The molecule has 1 aromatic heterocycles. The van der Waals surface area contributed by atoms with E-state index in [2.05, 4.69) is 42.5 Å². The standard InChI is InChI=1S/C30H28O5/c1-2-33-29(30(31)32)21-22-10-16-26(17-11-22)34-20-18-27(23-7-4-3-5-8-23)24-12-14-25(15-13-24)28-9-6-19-35-28/h3-19,29H,2,20-21H2,1H3,(H,31,32)/b27-18-/t29-/m0/s1. The summed E-state index contributed by atoms with van der Waals surface area (Å²) in [6.45, 7) is 2.54. The Kier molecular flexibility index (Phi) is 8.15. The van der Waals surface area contributed by atoms with Gasteiger partial charge in [-0.15, -0.1) is 0 Å². The van der Waals surface area contributed by atoms with Gasteiger partial charge >= 0.3 is 5.97 Å². The molecule has 3 aromatic carbocycles. The van der Waals surface area contributed by atoms with Crippen LogP contribution in [0.2, 0.25) is 0 Å². The summed E-state index contributed by atoms with van der Waals surface area (Å²) in [7, 11) is 0. The molecule has 5 heteroatoms. The average molecular weight is 469 g/mol. The van der Waals surface area contributed by atoms with E-state index in [1.807, 2.05) is 54.6 Å². The summed E-state index contributed by atoms with van der Waals surface area (Å²) < 4.78 is 16.8. The van der Waals surface area contributed by atoms with Crippen LogP contribution in [0, 0.1) is 0 Å². The maximum absolute atomic E-state index is 11.3. The molecule has 4 aromatic rings. The van der Waals surface area contributed by atoms with E-state index in [9.17, 15) is 9.90 Å². The van der Waals surface area contributed by atoms with E-state index in [0.717, 1.165) is 33.6 Å². The van der Waals surface area contributed by atoms with Crippen molar-refractivity contribution in [1.82, 2.24) is 0 Å². The van der Waals surface area contributed by atoms with Gasteiger partial charge in [0.25, 0.3) is 0 Å². The van der Waals surface area contributed by atoms with Gasteiger partial charge in [0, 0.05) is 18.6 Å². The molecule has 1 heterocycles. The van der Waals surface area contributed by atoms with Crippen LogP contribution in [0.5, 0.6) is 5.75 Å². The van der Waals surface area contributed by atoms with Crippen LogP contribution in [0.1, 0.15) is 23.6 Å². The molecular formula is C30H28O5. The highest BCUT2D eigenvalue weighted by atomic mass is 16.5. The zero-order chi connectivity index (χ0) is 24.5. The number of aliphatic carboxylic acids is 1. The van der Waals surface area contributed by atoms with Gasteiger partial charge in [0.15, 0.2) is 6.10 Å². The maximum Gasteiger partial charge on any atom is 0.333 e. The second-order valence-corrected chi connectivity index (χ2v) is 7.98. The number of ether oxygens (including phenoxy) is 2. The zero-order valence-electron chi connectivity index (χ0n) is 19.6. The number of hydrogen-bond donors (Lipinski definition) is 1. The van der Waals surface area contributed by atoms with E-state index in [1.54, 1.807) is 13.2 Å². The van der Waals surface area contributed by atoms with Crippen molar-refractivity contribution in [2.24, 2.45) is 0 Å². The van der Waals surface area contributed by atoms with Crippen LogP contribution in [0.15, 0.2) is 108 Å². The van der Waals surface area contributed by atoms with Crippen LogP contribution < -0.4 is 4.74 Å². The first-order chi connectivity index (χ1) is 17.1. The van der Waals surface area contributed by atoms with Crippen molar-refractivity contribution in [1.29, 1.82) is 0 Å². The number of carbonyl (C=O) groups is 1. The first kappa shape index (κ1) is 24.0. The third-order valence-corrected chi connectivity index (χ3v) is 5.61. The third-order valence-electron chi connectivity index (χ3n) is 5.61. The second kappa shape index (κ2) is 11.9. The Hall–Kier alpha value is -4.09. The molecule has 35 heavy (non-hydrogen) atoms. The van der Waals surface area contributed by atoms with Gasteiger partial charge in [-0.3, -0.25) is 0 Å². The lowest BCUT2D eigenvalue weighted by Gasteiger charge is -2.13. The highest BCUT2D eigenvalue weighted by Gasteiger charge is 2.17. The summed E-state index contributed by atoms with van der Waals surface area (Å²) in [4.78, 5) is 11.3. The average Bonchev–Trinajstić information content (AvgIpc) is 3.43. The van der Waals surface area contributed by atoms with E-state index in [4.69, 9.17) is 13.9 Å². The van der Waals surface area contributed by atoms with Crippen molar-refractivity contribution in [3.05, 3.63) is 120 Å². The highest BCUT2D eigenvalue weighted by molar-refractivity contribution is 5.80. The van der Waals surface area contributed by atoms with Gasteiger partial charge < -0.3 is 19.0 Å². The third kappa shape index (κ3) is 6.49. The Bertz CT molecular complexity index is 1220. The van der Waals surface area contributed by atoms with Crippen molar-refractivity contribution in [2.75, 3.05) is 13.2 Å². The first-order valence-corrected chi connectivity index (χ1v) is 11.6. The Morgan fingerprint density at radius 1 is 0.914 bits per heavy atom. The van der Waals surface area contributed by atoms with Crippen molar-refractivity contribution in [3.63, 3.8) is 0 Å². The number of rotatable bonds is 11. The lowest BCUT2D eigenvalue weighted by atomic mass is 9.96. The molecule has 0 unspecified atom stereocenters. The Morgan fingerprint density at radius 3 is 2.26 bits per heavy atom. The summed E-state index contributed by atoms with van der Waals surface area (Å²) >= 11 is 0. The summed E-state index contributed by atoms with van der Waals surface area (Å²) in [6.07, 6.45) is 3.21. The molecule has 0 spiro atoms. The monoisotopic (exact) mass is 468 g/mol. The minimum atomic E-state index is -0.956. The second-order valence-electron chi connectivity index (χ2n) is 7.98. The van der Waals surface area contributed by atoms with Gasteiger partial charge in [0.2, 0.25) is 0 Å². The van der Waals surface area contributed by atoms with Gasteiger partial charge in [-0.1, -0.05) is 66.7 Å². The van der Waals surface area contributed by atoms with Crippen LogP contribution in [0.4, 0.5) is 0 Å². The summed E-state index contributed by atoms with van der Waals surface area (Å²) in [6, 6.07) is 29.8. The first-order valence-electron chi connectivity index (χ1n) is 11.6. The molecule has 178 valence electrons. The number of carboxylic acid groups (broad SMARTS) is 1. The molecule has 0 fully saturated rings. The quantitative estimate of drug-likeness (QED) is 0.272. The molecule has 0 aliphatic rings. The minimum Gasteiger partial charge on any atom is -0.490 e. The molecule has 5 nitrogen and oxygen atoms in total. The van der Waals surface area contributed by atoms with Gasteiger partial charge in [-0.25, -0.2) is 4.79 Å². The van der Waals surface area contributed by atoms with Crippen molar-refractivity contribution in [2.45, 2.75) is 19.4 Å². The SMILES string of the molecule is CCO[C@@H](Cc1ccc(OC/C=C(/c2ccccc2)c2ccc(-c3ccco3)cc2)cc1)C(=O)O. The van der Waals surface area contributed by atoms with E-state index < -0.39 is 12.1 Å². The summed E-state index contributed by atoms with van der Waals surface area (Å²) in [5.41, 5.74) is 5.18. The molecule has 1 atom stereocenters. The van der Waals surface area contributed by atoms with Crippen LogP contribution in [0.25, 0.3) is 16.9 Å². The van der Waals surface area contributed by atoms with Crippen LogP contribution in [-0.2, 0) is 16.0 Å². The van der Waals surface area contributed by atoms with E-state index >= 15 is 0 Å². The Morgan fingerprint density at radius 2 is 1.63 bits per heavy atom. The number of carboxylic acids is 1. The maximum atomic E-state index is 11.3. The van der Waals surface area contributed by atoms with E-state index in [0.29, 0.717) is 25.4 Å². The molecule has 0 aliphatic heterocycles. The van der Waals surface area contributed by atoms with E-state index in [-0.39, 0.29) is 0 Å². The summed E-state index contributed by atoms with van der Waals surface area (Å²) in [5.74, 6) is 0.598. The fraction of sp³-hybridized carbons (Fsp3) is 0.167. The number of furan rings is 1. The lowest BCUT2D eigenvalue weighted by molar-refractivity contribution is -0.149. The number of benzene rings is 3. The molecule has 0 saturated carbocycles. The van der Waals surface area contributed by atoms with Crippen LogP contribution >= 0.6 is 0 Å². The fourth-order valence-electron chi connectivity index (χ4n) is 3.85. The van der Waals surface area contributed by atoms with Gasteiger partial charge in [-0.05, 0) is 59.5 Å². The zero-order valence-corrected chi connectivity index (χ0v) is 19.6. The van der Waals surface area contributed by atoms with E-state index in [1.165, 1.54) is 0 Å². The lowest BCUT2D eigenvalue weighted by Crippen LogP contribution is -2.26. The fourth-order valence-corrected chi connectivity index (χ4v) is 3.85. The van der Waals surface area contributed by atoms with Crippen LogP contribution in [-0.4, -0.2) is 30.4 Å². The topological polar surface area (TPSA) is 68.9 Å². The molecule has 0 amide bonds. The van der Waals surface area contributed by atoms with Crippen molar-refractivity contribution < 1.29 is 23.8 Å². The van der Waals surface area contributed by atoms with Gasteiger partial charge in [0.1, 0.15) is 18.1 Å². The minimum absolute atomic E-state index is 0.315. The molecular weight excluding hydrogens is 440 g/mol. The highest BCUT2D eigenvalue weighted by Crippen LogP contribution is 2.27. The predicted molar refractivity (Wildman–Crippen MR) is 136 cm³/mol. The molecule has 0 saturated heterocycles. The van der Waals surface area contributed by atoms with Crippen molar-refractivity contribution >= 4 is 11.5 Å². The number of hydrogen-bond acceptors (Lipinski definition) is 4. The van der Waals surface area contributed by atoms with Crippen LogP contribution in [0.3, 0.4) is 0 Å². The van der Waals surface area contributed by atoms with Gasteiger partial charge in [0.05, 0.1) is 6.26 Å². The predicted octanol–water partition coefficient (Wildman–Crippen LogP) is 6.49. The molecule has 0 aliphatic carbocycles. The Balaban J connectivity index is 1.46. The molecule has 0 bridgehead atoms. The molecule has 1 N–H and O–H groups in total. The molecule has 4 rings (SSSR count). The smallest absolute Gasteiger partial charge is 0.333 e. The summed E-state index contributed by atoms with van der Waals surface area (Å²) in [5, 5.41) is 9.28.